The summed E-state index contributed by atoms with van der Waals surface area (Å²) in [7, 11) is 0. The second-order valence-electron chi connectivity index (χ2n) is 5.96. The Morgan fingerprint density at radius 3 is 1.82 bits per heavy atom. The number of rotatable bonds is 15. The molecule has 0 N–H and O–H groups in total. The van der Waals surface area contributed by atoms with Crippen molar-refractivity contribution in [1.29, 1.82) is 0 Å². The van der Waals surface area contributed by atoms with Gasteiger partial charge in [-0.05, 0) is 32.1 Å². The molecular weight excluding hydrogens is 272 g/mol. The zero-order valence-corrected chi connectivity index (χ0v) is 14.8. The van der Waals surface area contributed by atoms with E-state index in [1.807, 2.05) is 0 Å². The summed E-state index contributed by atoms with van der Waals surface area (Å²) < 4.78 is 4.91. The van der Waals surface area contributed by atoms with Gasteiger partial charge in [-0.3, -0.25) is 4.79 Å². The van der Waals surface area contributed by atoms with Gasteiger partial charge in [-0.15, -0.1) is 0 Å². The molecule has 0 aliphatic carbocycles. The summed E-state index contributed by atoms with van der Waals surface area (Å²) in [6.45, 7) is 4.31. The highest BCUT2D eigenvalue weighted by molar-refractivity contribution is 5.65. The second-order valence-corrected chi connectivity index (χ2v) is 5.96. The number of esters is 1. The maximum Gasteiger partial charge on any atom is 0.302 e. The van der Waals surface area contributed by atoms with E-state index in [2.05, 4.69) is 31.2 Å². The van der Waals surface area contributed by atoms with Crippen LogP contribution in [-0.2, 0) is 9.53 Å². The monoisotopic (exact) mass is 308 g/mol. The van der Waals surface area contributed by atoms with Crippen LogP contribution in [0.1, 0.15) is 90.9 Å². The summed E-state index contributed by atoms with van der Waals surface area (Å²) in [5.74, 6) is -0.165. The molecule has 0 rings (SSSR count). The number of hydrogen-bond acceptors (Lipinski definition) is 2. The molecule has 0 aliphatic rings. The molecule has 0 aliphatic heterocycles. The van der Waals surface area contributed by atoms with Crippen LogP contribution in [0.4, 0.5) is 0 Å². The molecule has 0 amide bonds. The molecule has 0 radical (unpaired) electrons. The summed E-state index contributed by atoms with van der Waals surface area (Å²) in [6.07, 6.45) is 24.0. The van der Waals surface area contributed by atoms with E-state index < -0.39 is 0 Å². The lowest BCUT2D eigenvalue weighted by Crippen LogP contribution is -1.99. The van der Waals surface area contributed by atoms with Gasteiger partial charge in [-0.25, -0.2) is 0 Å². The van der Waals surface area contributed by atoms with Crippen molar-refractivity contribution in [2.45, 2.75) is 90.9 Å². The lowest BCUT2D eigenvalue weighted by molar-refractivity contribution is -0.141. The number of allylic oxidation sites excluding steroid dienone is 4. The first-order valence-corrected chi connectivity index (χ1v) is 9.22. The Morgan fingerprint density at radius 1 is 0.773 bits per heavy atom. The van der Waals surface area contributed by atoms with Crippen molar-refractivity contribution in [2.24, 2.45) is 0 Å². The summed E-state index contributed by atoms with van der Waals surface area (Å²) >= 11 is 0. The molecule has 0 spiro atoms. The van der Waals surface area contributed by atoms with Crippen molar-refractivity contribution in [2.75, 3.05) is 6.61 Å². The fourth-order valence-corrected chi connectivity index (χ4v) is 2.33. The summed E-state index contributed by atoms with van der Waals surface area (Å²) in [5, 5.41) is 0. The highest BCUT2D eigenvalue weighted by Gasteiger charge is 1.93. The Labute approximate surface area is 138 Å². The van der Waals surface area contributed by atoms with Crippen LogP contribution in [0.15, 0.2) is 24.3 Å². The largest absolute Gasteiger partial charge is 0.466 e. The van der Waals surface area contributed by atoms with E-state index in [1.54, 1.807) is 0 Å². The summed E-state index contributed by atoms with van der Waals surface area (Å²) in [6, 6.07) is 0. The summed E-state index contributed by atoms with van der Waals surface area (Å²) in [5.41, 5.74) is 0. The van der Waals surface area contributed by atoms with Gasteiger partial charge in [-0.2, -0.15) is 0 Å². The van der Waals surface area contributed by atoms with Gasteiger partial charge in [0.2, 0.25) is 0 Å². The maximum atomic E-state index is 10.6. The first-order valence-electron chi connectivity index (χ1n) is 9.22. The minimum absolute atomic E-state index is 0.165. The maximum absolute atomic E-state index is 10.6. The van der Waals surface area contributed by atoms with Crippen molar-refractivity contribution < 1.29 is 9.53 Å². The van der Waals surface area contributed by atoms with Crippen LogP contribution in [0.25, 0.3) is 0 Å². The van der Waals surface area contributed by atoms with E-state index >= 15 is 0 Å². The van der Waals surface area contributed by atoms with E-state index in [4.69, 9.17) is 4.74 Å². The molecular formula is C20H36O2. The van der Waals surface area contributed by atoms with Gasteiger partial charge in [0.1, 0.15) is 0 Å². The molecule has 0 fully saturated rings. The fraction of sp³-hybridized carbons (Fsp3) is 0.750. The third-order valence-electron chi connectivity index (χ3n) is 3.68. The van der Waals surface area contributed by atoms with Gasteiger partial charge < -0.3 is 4.74 Å². The fourth-order valence-electron chi connectivity index (χ4n) is 2.33. The Kier molecular flexibility index (Phi) is 17.1. The third-order valence-corrected chi connectivity index (χ3v) is 3.68. The van der Waals surface area contributed by atoms with E-state index in [0.717, 1.165) is 6.42 Å². The van der Waals surface area contributed by atoms with Crippen LogP contribution in [-0.4, -0.2) is 12.6 Å². The number of carbonyl (C=O) groups is 1. The van der Waals surface area contributed by atoms with E-state index in [0.29, 0.717) is 6.61 Å². The van der Waals surface area contributed by atoms with Gasteiger partial charge in [0.05, 0.1) is 6.61 Å². The van der Waals surface area contributed by atoms with Crippen LogP contribution in [0.2, 0.25) is 0 Å². The topological polar surface area (TPSA) is 26.3 Å². The minimum Gasteiger partial charge on any atom is -0.466 e. The average Bonchev–Trinajstić information content (AvgIpc) is 2.50. The molecule has 0 aromatic carbocycles. The zero-order valence-electron chi connectivity index (χ0n) is 14.8. The first-order chi connectivity index (χ1) is 10.8. The normalized spacial score (nSPS) is 11.5. The molecule has 0 bridgehead atoms. The van der Waals surface area contributed by atoms with Gasteiger partial charge in [0.25, 0.3) is 0 Å². The van der Waals surface area contributed by atoms with Crippen molar-refractivity contribution >= 4 is 5.97 Å². The molecule has 22 heavy (non-hydrogen) atoms. The SMILES string of the molecule is CCCCCCC=CC=CCCCCCCCCOC(C)=O. The molecule has 0 saturated heterocycles. The quantitative estimate of drug-likeness (QED) is 0.200. The number of ether oxygens (including phenoxy) is 1. The first kappa shape index (κ1) is 20.9. The van der Waals surface area contributed by atoms with E-state index in [1.165, 1.54) is 77.6 Å². The summed E-state index contributed by atoms with van der Waals surface area (Å²) in [4.78, 5) is 10.6. The van der Waals surface area contributed by atoms with Crippen LogP contribution in [0.5, 0.6) is 0 Å². The van der Waals surface area contributed by atoms with Crippen molar-refractivity contribution in [3.05, 3.63) is 24.3 Å². The van der Waals surface area contributed by atoms with Gasteiger partial charge in [-0.1, -0.05) is 76.2 Å². The van der Waals surface area contributed by atoms with Crippen LogP contribution >= 0.6 is 0 Å². The second kappa shape index (κ2) is 18.0. The van der Waals surface area contributed by atoms with E-state index in [9.17, 15) is 4.79 Å². The molecule has 128 valence electrons. The standard InChI is InChI=1S/C20H36O2/c1-3-4-5-6-7-8-9-10-11-12-13-14-15-16-17-18-19-22-20(2)21/h8-11H,3-7,12-19H2,1-2H3. The highest BCUT2D eigenvalue weighted by atomic mass is 16.5. The zero-order chi connectivity index (χ0) is 16.3. The van der Waals surface area contributed by atoms with Crippen molar-refractivity contribution in [1.82, 2.24) is 0 Å². The van der Waals surface area contributed by atoms with Crippen LogP contribution in [0.3, 0.4) is 0 Å². The van der Waals surface area contributed by atoms with Crippen LogP contribution < -0.4 is 0 Å². The molecule has 0 aromatic heterocycles. The molecule has 0 atom stereocenters. The molecule has 2 nitrogen and oxygen atoms in total. The Morgan fingerprint density at radius 2 is 1.27 bits per heavy atom. The number of carbonyl (C=O) groups excluding carboxylic acids is 1. The van der Waals surface area contributed by atoms with Gasteiger partial charge in [0.15, 0.2) is 0 Å². The minimum atomic E-state index is -0.165. The highest BCUT2D eigenvalue weighted by Crippen LogP contribution is 2.08. The van der Waals surface area contributed by atoms with Crippen molar-refractivity contribution in [3.63, 3.8) is 0 Å². The predicted octanol–water partition coefficient (Wildman–Crippen LogP) is 6.36. The Bertz CT molecular complexity index is 292. The molecule has 0 heterocycles. The lowest BCUT2D eigenvalue weighted by atomic mass is 10.1. The third kappa shape index (κ3) is 18.9. The number of unbranched alkanes of at least 4 members (excludes halogenated alkanes) is 10. The van der Waals surface area contributed by atoms with E-state index in [-0.39, 0.29) is 5.97 Å². The average molecular weight is 309 g/mol. The number of hydrogen-bond donors (Lipinski definition) is 0. The molecule has 0 saturated carbocycles. The van der Waals surface area contributed by atoms with Gasteiger partial charge in [0, 0.05) is 6.92 Å². The Hall–Kier alpha value is -1.05. The van der Waals surface area contributed by atoms with Crippen LogP contribution in [0, 0.1) is 0 Å². The lowest BCUT2D eigenvalue weighted by Gasteiger charge is -2.01. The molecule has 0 unspecified atom stereocenters. The Balaban J connectivity index is 3.17. The van der Waals surface area contributed by atoms with Gasteiger partial charge >= 0.3 is 5.97 Å². The van der Waals surface area contributed by atoms with Crippen molar-refractivity contribution in [3.8, 4) is 0 Å². The molecule has 0 aromatic rings. The predicted molar refractivity (Wildman–Crippen MR) is 96.0 cm³/mol. The molecule has 2 heteroatoms. The smallest absolute Gasteiger partial charge is 0.302 e.